The van der Waals surface area contributed by atoms with Gasteiger partial charge in [0.05, 0.1) is 47.1 Å². The third kappa shape index (κ3) is 4.48. The third-order valence-electron chi connectivity index (χ3n) is 4.50. The molecule has 2 heterocycles. The number of hydrogen-bond donors (Lipinski definition) is 2. The Hall–Kier alpha value is -2.38. The highest BCUT2D eigenvalue weighted by Crippen LogP contribution is 2.21. The van der Waals surface area contributed by atoms with Crippen LogP contribution in [0.4, 0.5) is 5.69 Å². The molecule has 6 nitrogen and oxygen atoms in total. The fourth-order valence-electron chi connectivity index (χ4n) is 2.85. The van der Waals surface area contributed by atoms with Crippen LogP contribution in [0.2, 0.25) is 5.02 Å². The maximum absolute atomic E-state index is 6.13. The molecular weight excluding hydrogens is 380 g/mol. The Morgan fingerprint density at radius 3 is 2.52 bits per heavy atom. The molecule has 0 fully saturated rings. The number of hydrogen-bond acceptors (Lipinski definition) is 3. The molecule has 0 unspecified atom stereocenters. The Morgan fingerprint density at radius 2 is 1.89 bits per heavy atom. The van der Waals surface area contributed by atoms with Gasteiger partial charge in [-0.1, -0.05) is 41.4 Å². The van der Waals surface area contributed by atoms with Gasteiger partial charge in [0.2, 0.25) is 0 Å². The first kappa shape index (κ1) is 19.4. The summed E-state index contributed by atoms with van der Waals surface area (Å²) in [5.41, 5.74) is 6.21. The Kier molecular flexibility index (Phi) is 5.82. The average molecular weight is 403 g/mol. The topological polar surface area (TPSA) is 59.7 Å². The molecule has 0 amide bonds. The second-order valence-corrected chi connectivity index (χ2v) is 7.38. The molecule has 142 valence electrons. The van der Waals surface area contributed by atoms with Gasteiger partial charge in [0, 0.05) is 7.05 Å². The van der Waals surface area contributed by atoms with Gasteiger partial charge in [-0.3, -0.25) is 9.36 Å². The molecule has 0 aliphatic carbocycles. The van der Waals surface area contributed by atoms with Crippen LogP contribution in [0.3, 0.4) is 0 Å². The van der Waals surface area contributed by atoms with Crippen LogP contribution in [0.15, 0.2) is 30.5 Å². The number of aromatic nitrogens is 4. The largest absolute Gasteiger partial charge is 0.357 e. The Morgan fingerprint density at radius 1 is 1.19 bits per heavy atom. The fourth-order valence-corrected chi connectivity index (χ4v) is 3.26. The van der Waals surface area contributed by atoms with E-state index in [0.29, 0.717) is 16.7 Å². The van der Waals surface area contributed by atoms with Crippen molar-refractivity contribution in [3.63, 3.8) is 0 Å². The van der Waals surface area contributed by atoms with Crippen LogP contribution in [0.5, 0.6) is 0 Å². The second kappa shape index (κ2) is 8.10. The molecule has 0 aliphatic heterocycles. The lowest BCUT2D eigenvalue weighted by atomic mass is 10.1. The van der Waals surface area contributed by atoms with Gasteiger partial charge in [-0.2, -0.15) is 10.2 Å². The molecule has 2 aromatic heterocycles. The predicted molar refractivity (Wildman–Crippen MR) is 113 cm³/mol. The van der Waals surface area contributed by atoms with Crippen molar-refractivity contribution >= 4 is 34.6 Å². The summed E-state index contributed by atoms with van der Waals surface area (Å²) in [6.45, 7) is 7.32. The lowest BCUT2D eigenvalue weighted by molar-refractivity contribution is 0.659. The molecule has 0 radical (unpaired) electrons. The second-order valence-electron chi connectivity index (χ2n) is 6.56. The van der Waals surface area contributed by atoms with Gasteiger partial charge in [-0.25, -0.2) is 0 Å². The van der Waals surface area contributed by atoms with Crippen molar-refractivity contribution in [2.45, 2.75) is 33.9 Å². The van der Waals surface area contributed by atoms with Crippen LogP contribution in [-0.4, -0.2) is 24.7 Å². The third-order valence-corrected chi connectivity index (χ3v) is 5.06. The molecular formula is C19H23ClN6S. The molecule has 0 bridgehead atoms. The van der Waals surface area contributed by atoms with Crippen molar-refractivity contribution in [1.82, 2.24) is 24.9 Å². The summed E-state index contributed by atoms with van der Waals surface area (Å²) < 4.78 is 3.72. The Bertz CT molecular complexity index is 938. The maximum atomic E-state index is 6.13. The number of rotatable bonds is 5. The lowest BCUT2D eigenvalue weighted by Crippen LogP contribution is -2.29. The number of benzene rings is 1. The summed E-state index contributed by atoms with van der Waals surface area (Å²) in [5, 5.41) is 16.3. The minimum absolute atomic E-state index is 0.497. The summed E-state index contributed by atoms with van der Waals surface area (Å²) in [6.07, 6.45) is 1.62. The van der Waals surface area contributed by atoms with E-state index in [1.54, 1.807) is 10.9 Å². The van der Waals surface area contributed by atoms with Crippen molar-refractivity contribution in [1.29, 1.82) is 0 Å². The normalized spacial score (nSPS) is 10.9. The number of nitrogens with zero attached hydrogens (tertiary/aromatic N) is 4. The standard InChI is InChI=1S/C19H23ClN6S/c1-12-5-7-15(8-6-12)11-26-14(3)18(13(2)24-26)23-19(27)21-10-17-16(20)9-22-25(17)4/h5-9H,10-11H2,1-4H3,(H2,21,23,27). The van der Waals surface area contributed by atoms with E-state index in [1.165, 1.54) is 11.1 Å². The monoisotopic (exact) mass is 402 g/mol. The van der Waals surface area contributed by atoms with E-state index in [4.69, 9.17) is 23.8 Å². The summed E-state index contributed by atoms with van der Waals surface area (Å²) in [6, 6.07) is 8.48. The minimum Gasteiger partial charge on any atom is -0.357 e. The number of nitrogens with one attached hydrogen (secondary N) is 2. The van der Waals surface area contributed by atoms with E-state index in [2.05, 4.69) is 52.0 Å². The van der Waals surface area contributed by atoms with E-state index in [-0.39, 0.29) is 0 Å². The zero-order chi connectivity index (χ0) is 19.6. The molecule has 27 heavy (non-hydrogen) atoms. The molecule has 1 aromatic carbocycles. The summed E-state index contributed by atoms with van der Waals surface area (Å²) >= 11 is 11.6. The van der Waals surface area contributed by atoms with E-state index >= 15 is 0 Å². The highest BCUT2D eigenvalue weighted by Gasteiger charge is 2.14. The van der Waals surface area contributed by atoms with Crippen LogP contribution in [0, 0.1) is 20.8 Å². The number of anilines is 1. The van der Waals surface area contributed by atoms with Crippen LogP contribution in [0.25, 0.3) is 0 Å². The highest BCUT2D eigenvalue weighted by molar-refractivity contribution is 7.80. The first-order valence-electron chi connectivity index (χ1n) is 8.66. The fraction of sp³-hybridized carbons (Fsp3) is 0.316. The molecule has 3 aromatic rings. The molecule has 0 saturated carbocycles. The molecule has 0 saturated heterocycles. The SMILES string of the molecule is Cc1ccc(Cn2nc(C)c(NC(=S)NCc3c(Cl)cnn3C)c2C)cc1. The van der Waals surface area contributed by atoms with Gasteiger partial charge in [-0.05, 0) is 38.6 Å². The Labute approximate surface area is 169 Å². The van der Waals surface area contributed by atoms with Crippen molar-refractivity contribution in [3.05, 3.63) is 63.7 Å². The van der Waals surface area contributed by atoms with Gasteiger partial charge in [0.15, 0.2) is 5.11 Å². The van der Waals surface area contributed by atoms with Gasteiger partial charge >= 0.3 is 0 Å². The highest BCUT2D eigenvalue weighted by atomic mass is 35.5. The first-order chi connectivity index (χ1) is 12.8. The molecule has 3 rings (SSSR count). The smallest absolute Gasteiger partial charge is 0.171 e. The van der Waals surface area contributed by atoms with Crippen LogP contribution in [-0.2, 0) is 20.1 Å². The Balaban J connectivity index is 1.67. The van der Waals surface area contributed by atoms with E-state index in [0.717, 1.165) is 29.3 Å². The molecule has 2 N–H and O–H groups in total. The molecule has 0 spiro atoms. The predicted octanol–water partition coefficient (Wildman–Crippen LogP) is 3.73. The van der Waals surface area contributed by atoms with Gasteiger partial charge < -0.3 is 10.6 Å². The summed E-state index contributed by atoms with van der Waals surface area (Å²) in [7, 11) is 1.85. The van der Waals surface area contributed by atoms with Gasteiger partial charge in [-0.15, -0.1) is 0 Å². The quantitative estimate of drug-likeness (QED) is 0.637. The van der Waals surface area contributed by atoms with Crippen molar-refractivity contribution in [3.8, 4) is 0 Å². The van der Waals surface area contributed by atoms with E-state index in [1.807, 2.05) is 25.6 Å². The zero-order valence-electron chi connectivity index (χ0n) is 15.9. The first-order valence-corrected chi connectivity index (χ1v) is 9.44. The van der Waals surface area contributed by atoms with Crippen LogP contribution in [0.1, 0.15) is 28.2 Å². The minimum atomic E-state index is 0.497. The van der Waals surface area contributed by atoms with Crippen molar-refractivity contribution in [2.75, 3.05) is 5.32 Å². The van der Waals surface area contributed by atoms with Crippen LogP contribution >= 0.6 is 23.8 Å². The van der Waals surface area contributed by atoms with Crippen molar-refractivity contribution < 1.29 is 0 Å². The number of aryl methyl sites for hydroxylation is 3. The molecule has 0 aliphatic rings. The number of thiocarbonyl (C=S) groups is 1. The summed E-state index contributed by atoms with van der Waals surface area (Å²) in [5.74, 6) is 0. The van der Waals surface area contributed by atoms with E-state index in [9.17, 15) is 0 Å². The molecule has 8 heteroatoms. The summed E-state index contributed by atoms with van der Waals surface area (Å²) in [4.78, 5) is 0. The average Bonchev–Trinajstić information content (AvgIpc) is 3.08. The lowest BCUT2D eigenvalue weighted by Gasteiger charge is -2.12. The molecule has 0 atom stereocenters. The van der Waals surface area contributed by atoms with Gasteiger partial charge in [0.25, 0.3) is 0 Å². The van der Waals surface area contributed by atoms with Gasteiger partial charge in [0.1, 0.15) is 0 Å². The number of halogens is 1. The zero-order valence-corrected chi connectivity index (χ0v) is 17.4. The van der Waals surface area contributed by atoms with E-state index < -0.39 is 0 Å². The van der Waals surface area contributed by atoms with Crippen molar-refractivity contribution in [2.24, 2.45) is 7.05 Å². The van der Waals surface area contributed by atoms with Crippen LogP contribution < -0.4 is 10.6 Å². The maximum Gasteiger partial charge on any atom is 0.171 e.